The Bertz CT molecular complexity index is 851. The normalized spacial score (nSPS) is 11.0. The van der Waals surface area contributed by atoms with E-state index in [1.807, 2.05) is 29.6 Å². The van der Waals surface area contributed by atoms with Gasteiger partial charge in [-0.15, -0.1) is 11.3 Å². The first-order valence-electron chi connectivity index (χ1n) is 6.85. The van der Waals surface area contributed by atoms with E-state index in [4.69, 9.17) is 11.6 Å². The van der Waals surface area contributed by atoms with Crippen LogP contribution in [0, 0.1) is 0 Å². The summed E-state index contributed by atoms with van der Waals surface area (Å²) in [5.74, 6) is 0.00341. The van der Waals surface area contributed by atoms with Crippen molar-refractivity contribution in [1.82, 2.24) is 4.98 Å². The van der Waals surface area contributed by atoms with Gasteiger partial charge in [0.15, 0.2) is 5.78 Å². The molecule has 1 heterocycles. The van der Waals surface area contributed by atoms with Crippen molar-refractivity contribution in [1.29, 1.82) is 0 Å². The molecule has 1 N–H and O–H groups in total. The highest BCUT2D eigenvalue weighted by atomic mass is 35.5. The number of thiazole rings is 1. The number of ketones is 1. The molecule has 0 saturated carbocycles. The van der Waals surface area contributed by atoms with Crippen LogP contribution < -0.4 is 0 Å². The Morgan fingerprint density at radius 3 is 2.48 bits per heavy atom. The van der Waals surface area contributed by atoms with E-state index in [1.165, 1.54) is 29.5 Å². The number of carbonyl (C=O) groups excluding carboxylic acids is 1. The molecule has 0 bridgehead atoms. The van der Waals surface area contributed by atoms with Crippen LogP contribution in [0.15, 0.2) is 60.0 Å². The number of carbonyl (C=O) groups is 1. The average Bonchev–Trinajstić information content (AvgIpc) is 3.03. The van der Waals surface area contributed by atoms with E-state index >= 15 is 0 Å². The Morgan fingerprint density at radius 1 is 1.09 bits per heavy atom. The van der Waals surface area contributed by atoms with Crippen molar-refractivity contribution in [3.63, 3.8) is 0 Å². The molecular weight excluding hydrogens is 330 g/mol. The van der Waals surface area contributed by atoms with Crippen LogP contribution in [0.1, 0.15) is 16.1 Å². The van der Waals surface area contributed by atoms with Gasteiger partial charge in [-0.05, 0) is 48.6 Å². The van der Waals surface area contributed by atoms with Crippen molar-refractivity contribution < 1.29 is 9.90 Å². The van der Waals surface area contributed by atoms with Gasteiger partial charge in [-0.3, -0.25) is 4.79 Å². The summed E-state index contributed by atoms with van der Waals surface area (Å²) < 4.78 is 0. The molecule has 5 heteroatoms. The largest absolute Gasteiger partial charge is 0.508 e. The predicted octanol–water partition coefficient (Wildman–Crippen LogP) is 5.07. The number of benzene rings is 2. The van der Waals surface area contributed by atoms with Crippen molar-refractivity contribution in [2.24, 2.45) is 0 Å². The number of nitrogens with zero attached hydrogens (tertiary/aromatic N) is 1. The van der Waals surface area contributed by atoms with Crippen molar-refractivity contribution in [3.05, 3.63) is 76.3 Å². The van der Waals surface area contributed by atoms with E-state index in [9.17, 15) is 9.90 Å². The summed E-state index contributed by atoms with van der Waals surface area (Å²) in [4.78, 5) is 16.5. The van der Waals surface area contributed by atoms with Crippen molar-refractivity contribution >= 4 is 34.8 Å². The lowest BCUT2D eigenvalue weighted by atomic mass is 10.1. The van der Waals surface area contributed by atoms with E-state index in [0.717, 1.165) is 16.3 Å². The zero-order chi connectivity index (χ0) is 16.2. The van der Waals surface area contributed by atoms with Gasteiger partial charge in [-0.25, -0.2) is 4.98 Å². The van der Waals surface area contributed by atoms with Crippen molar-refractivity contribution in [2.45, 2.75) is 0 Å². The maximum absolute atomic E-state index is 12.0. The van der Waals surface area contributed by atoms with Crippen LogP contribution in [-0.4, -0.2) is 15.9 Å². The van der Waals surface area contributed by atoms with Gasteiger partial charge in [0.25, 0.3) is 0 Å². The number of phenolic OH excluding ortho intramolecular Hbond substituents is 1. The summed E-state index contributed by atoms with van der Waals surface area (Å²) in [6.45, 7) is 0. The Labute approximate surface area is 142 Å². The van der Waals surface area contributed by atoms with E-state index in [-0.39, 0.29) is 11.5 Å². The fourth-order valence-electron chi connectivity index (χ4n) is 1.97. The van der Waals surface area contributed by atoms with Gasteiger partial charge < -0.3 is 5.11 Å². The summed E-state index contributed by atoms with van der Waals surface area (Å²) in [5.41, 5.74) is 2.24. The zero-order valence-electron chi connectivity index (χ0n) is 11.9. The third-order valence-electron chi connectivity index (χ3n) is 3.17. The Hall–Kier alpha value is -2.43. The van der Waals surface area contributed by atoms with Crippen LogP contribution >= 0.6 is 22.9 Å². The summed E-state index contributed by atoms with van der Waals surface area (Å²) in [5, 5.41) is 12.7. The van der Waals surface area contributed by atoms with E-state index in [1.54, 1.807) is 18.2 Å². The molecule has 2 aromatic carbocycles. The van der Waals surface area contributed by atoms with Gasteiger partial charge in [0, 0.05) is 21.5 Å². The molecule has 0 aliphatic carbocycles. The Balaban J connectivity index is 1.74. The highest BCUT2D eigenvalue weighted by Crippen LogP contribution is 2.25. The number of hydrogen-bond acceptors (Lipinski definition) is 4. The third kappa shape index (κ3) is 3.86. The minimum absolute atomic E-state index is 0.133. The molecule has 0 amide bonds. The monoisotopic (exact) mass is 341 g/mol. The molecule has 23 heavy (non-hydrogen) atoms. The smallest absolute Gasteiger partial charge is 0.185 e. The summed E-state index contributed by atoms with van der Waals surface area (Å²) in [7, 11) is 0. The molecular formula is C18H12ClNO2S. The number of halogens is 1. The van der Waals surface area contributed by atoms with Crippen LogP contribution in [0.2, 0.25) is 5.02 Å². The quantitative estimate of drug-likeness (QED) is 0.532. The number of aromatic hydroxyl groups is 1. The predicted molar refractivity (Wildman–Crippen MR) is 94.0 cm³/mol. The molecule has 0 aliphatic heterocycles. The van der Waals surface area contributed by atoms with Gasteiger partial charge in [0.05, 0.1) is 5.69 Å². The van der Waals surface area contributed by atoms with Crippen LogP contribution in [0.5, 0.6) is 5.75 Å². The fourth-order valence-corrected chi connectivity index (χ4v) is 2.89. The van der Waals surface area contributed by atoms with Gasteiger partial charge >= 0.3 is 0 Å². The highest BCUT2D eigenvalue weighted by molar-refractivity contribution is 7.13. The van der Waals surface area contributed by atoms with E-state index < -0.39 is 0 Å². The fraction of sp³-hybridized carbons (Fsp3) is 0. The third-order valence-corrected chi connectivity index (χ3v) is 4.33. The summed E-state index contributed by atoms with van der Waals surface area (Å²) in [6.07, 6.45) is 3.16. The standard InChI is InChI=1S/C18H12ClNO2S/c19-14-5-1-13(2-6-14)18-20-15(11-23-18)7-10-17(22)12-3-8-16(21)9-4-12/h1-11,21H/b10-7+. The minimum atomic E-state index is -0.133. The molecule has 0 fully saturated rings. The second-order valence-electron chi connectivity index (χ2n) is 4.83. The van der Waals surface area contributed by atoms with E-state index in [0.29, 0.717) is 10.6 Å². The molecule has 3 rings (SSSR count). The first-order chi connectivity index (χ1) is 11.1. The molecule has 0 aliphatic rings. The van der Waals surface area contributed by atoms with Gasteiger partial charge in [0.2, 0.25) is 0 Å². The molecule has 1 aromatic heterocycles. The van der Waals surface area contributed by atoms with Crippen LogP contribution in [0.25, 0.3) is 16.6 Å². The maximum Gasteiger partial charge on any atom is 0.185 e. The highest BCUT2D eigenvalue weighted by Gasteiger charge is 2.05. The molecule has 0 atom stereocenters. The molecule has 0 radical (unpaired) electrons. The number of rotatable bonds is 4. The van der Waals surface area contributed by atoms with Crippen LogP contribution in [0.4, 0.5) is 0 Å². The molecule has 3 aromatic rings. The van der Waals surface area contributed by atoms with E-state index in [2.05, 4.69) is 4.98 Å². The molecule has 0 spiro atoms. The lowest BCUT2D eigenvalue weighted by Gasteiger charge is -1.96. The zero-order valence-corrected chi connectivity index (χ0v) is 13.5. The first-order valence-corrected chi connectivity index (χ1v) is 8.10. The SMILES string of the molecule is O=C(/C=C/c1csc(-c2ccc(Cl)cc2)n1)c1ccc(O)cc1. The minimum Gasteiger partial charge on any atom is -0.508 e. The van der Waals surface area contributed by atoms with Gasteiger partial charge in [-0.2, -0.15) is 0 Å². The second kappa shape index (κ2) is 6.77. The van der Waals surface area contributed by atoms with Crippen LogP contribution in [0.3, 0.4) is 0 Å². The number of aromatic nitrogens is 1. The molecule has 0 unspecified atom stereocenters. The van der Waals surface area contributed by atoms with Crippen LogP contribution in [-0.2, 0) is 0 Å². The lowest BCUT2D eigenvalue weighted by Crippen LogP contribution is -1.92. The molecule has 114 valence electrons. The second-order valence-corrected chi connectivity index (χ2v) is 6.12. The first kappa shape index (κ1) is 15.5. The van der Waals surface area contributed by atoms with Crippen molar-refractivity contribution in [2.75, 3.05) is 0 Å². The molecule has 3 nitrogen and oxygen atoms in total. The summed E-state index contributed by atoms with van der Waals surface area (Å²) >= 11 is 7.38. The summed E-state index contributed by atoms with van der Waals surface area (Å²) in [6, 6.07) is 13.6. The lowest BCUT2D eigenvalue weighted by molar-refractivity contribution is 0.104. The Morgan fingerprint density at radius 2 is 1.78 bits per heavy atom. The Kier molecular flexibility index (Phi) is 4.55. The number of hydrogen-bond donors (Lipinski definition) is 1. The van der Waals surface area contributed by atoms with Gasteiger partial charge in [-0.1, -0.05) is 23.7 Å². The average molecular weight is 342 g/mol. The van der Waals surface area contributed by atoms with Crippen molar-refractivity contribution in [3.8, 4) is 16.3 Å². The number of allylic oxidation sites excluding steroid dienone is 1. The topological polar surface area (TPSA) is 50.2 Å². The maximum atomic E-state index is 12.0. The van der Waals surface area contributed by atoms with Gasteiger partial charge in [0.1, 0.15) is 10.8 Å². The molecule has 0 saturated heterocycles. The number of phenols is 1.